The predicted octanol–water partition coefficient (Wildman–Crippen LogP) is 3.73. The highest BCUT2D eigenvalue weighted by Gasteiger charge is 2.53. The molecule has 1 fully saturated rings. The van der Waals surface area contributed by atoms with Crippen LogP contribution in [0.15, 0.2) is 29.6 Å². The van der Waals surface area contributed by atoms with Crippen molar-refractivity contribution < 1.29 is 9.31 Å². The summed E-state index contributed by atoms with van der Waals surface area (Å²) < 4.78 is 14.3. The van der Waals surface area contributed by atoms with Gasteiger partial charge >= 0.3 is 7.12 Å². The monoisotopic (exact) mass is 402 g/mol. The summed E-state index contributed by atoms with van der Waals surface area (Å²) in [4.78, 5) is 4.43. The number of aromatic nitrogens is 1. The Kier molecular flexibility index (Phi) is 3.59. The Morgan fingerprint density at radius 3 is 2.55 bits per heavy atom. The third kappa shape index (κ3) is 2.38. The van der Waals surface area contributed by atoms with Gasteiger partial charge < -0.3 is 9.31 Å². The van der Waals surface area contributed by atoms with Crippen LogP contribution in [0.5, 0.6) is 0 Å². The minimum atomic E-state index is -0.360. The molecule has 0 atom stereocenters. The first-order valence-corrected chi connectivity index (χ1v) is 8.20. The fourth-order valence-electron chi connectivity index (χ4n) is 2.13. The van der Waals surface area contributed by atoms with Crippen LogP contribution in [0.3, 0.4) is 0 Å². The predicted molar refractivity (Wildman–Crippen MR) is 90.0 cm³/mol. The van der Waals surface area contributed by atoms with E-state index in [4.69, 9.17) is 9.31 Å². The van der Waals surface area contributed by atoms with Crippen LogP contribution < -0.4 is 0 Å². The van der Waals surface area contributed by atoms with E-state index < -0.39 is 0 Å². The van der Waals surface area contributed by atoms with E-state index in [1.165, 1.54) is 0 Å². The SMILES string of the molecule is CC1(C)OB(C2=CN(I)Sc3ncccc32)OC1(C)C. The maximum absolute atomic E-state index is 6.15. The first-order chi connectivity index (χ1) is 9.30. The molecule has 0 saturated carbocycles. The molecule has 2 aliphatic heterocycles. The maximum atomic E-state index is 6.15. The summed E-state index contributed by atoms with van der Waals surface area (Å²) >= 11 is 3.84. The molecule has 0 bridgehead atoms. The lowest BCUT2D eigenvalue weighted by molar-refractivity contribution is 0.00578. The van der Waals surface area contributed by atoms with Crippen LogP contribution in [0.25, 0.3) is 5.47 Å². The van der Waals surface area contributed by atoms with Crippen LogP contribution in [-0.2, 0) is 9.31 Å². The molecule has 0 N–H and O–H groups in total. The number of hydrogen-bond acceptors (Lipinski definition) is 5. The topological polar surface area (TPSA) is 34.6 Å². The zero-order chi connectivity index (χ0) is 14.5. The molecule has 20 heavy (non-hydrogen) atoms. The number of rotatable bonds is 1. The molecule has 7 heteroatoms. The van der Waals surface area contributed by atoms with Crippen LogP contribution in [0.1, 0.15) is 33.3 Å². The molecule has 1 aromatic rings. The molecule has 3 heterocycles. The zero-order valence-electron chi connectivity index (χ0n) is 11.9. The van der Waals surface area contributed by atoms with E-state index in [0.29, 0.717) is 0 Å². The second kappa shape index (κ2) is 4.89. The summed E-state index contributed by atoms with van der Waals surface area (Å²) in [6.07, 6.45) is 3.86. The summed E-state index contributed by atoms with van der Waals surface area (Å²) in [6, 6.07) is 4.01. The van der Waals surface area contributed by atoms with Crippen LogP contribution in [0.4, 0.5) is 0 Å². The van der Waals surface area contributed by atoms with Crippen molar-refractivity contribution in [3.05, 3.63) is 30.1 Å². The van der Waals surface area contributed by atoms with Crippen molar-refractivity contribution in [2.24, 2.45) is 0 Å². The lowest BCUT2D eigenvalue weighted by atomic mass is 9.75. The molecule has 0 radical (unpaired) electrons. The summed E-state index contributed by atoms with van der Waals surface area (Å²) in [5.74, 6) is 0. The van der Waals surface area contributed by atoms with Gasteiger partial charge in [0.05, 0.1) is 34.1 Å². The molecule has 106 valence electrons. The van der Waals surface area contributed by atoms with Crippen molar-refractivity contribution in [1.82, 2.24) is 7.50 Å². The Bertz CT molecular complexity index is 563. The van der Waals surface area contributed by atoms with E-state index in [1.54, 1.807) is 11.9 Å². The van der Waals surface area contributed by atoms with E-state index in [9.17, 15) is 0 Å². The van der Waals surface area contributed by atoms with E-state index >= 15 is 0 Å². The molecule has 0 amide bonds. The molecule has 4 nitrogen and oxygen atoms in total. The van der Waals surface area contributed by atoms with E-state index in [0.717, 1.165) is 16.1 Å². The van der Waals surface area contributed by atoms with Crippen LogP contribution in [-0.4, -0.2) is 25.8 Å². The van der Waals surface area contributed by atoms with E-state index in [1.807, 2.05) is 14.8 Å². The largest absolute Gasteiger partial charge is 0.497 e. The van der Waals surface area contributed by atoms with Crippen LogP contribution >= 0.6 is 34.8 Å². The van der Waals surface area contributed by atoms with Crippen molar-refractivity contribution >= 4 is 47.4 Å². The molecule has 0 aliphatic carbocycles. The molecular weight excluding hydrogens is 386 g/mol. The second-order valence-electron chi connectivity index (χ2n) is 5.89. The molecule has 0 unspecified atom stereocenters. The third-order valence-corrected chi connectivity index (χ3v) is 5.65. The van der Waals surface area contributed by atoms with Gasteiger partial charge in [0.2, 0.25) is 0 Å². The molecule has 3 rings (SSSR count). The van der Waals surface area contributed by atoms with Gasteiger partial charge in [-0.25, -0.2) is 4.98 Å². The summed E-state index contributed by atoms with van der Waals surface area (Å²) in [5.41, 5.74) is 1.45. The summed E-state index contributed by atoms with van der Waals surface area (Å²) in [7, 11) is -0.360. The average molecular weight is 402 g/mol. The molecule has 1 saturated heterocycles. The van der Waals surface area contributed by atoms with E-state index in [-0.39, 0.29) is 18.3 Å². The van der Waals surface area contributed by atoms with Gasteiger partial charge in [0.25, 0.3) is 0 Å². The number of halogens is 1. The van der Waals surface area contributed by atoms with Crippen molar-refractivity contribution in [1.29, 1.82) is 0 Å². The van der Waals surface area contributed by atoms with Crippen LogP contribution in [0.2, 0.25) is 0 Å². The first kappa shape index (κ1) is 14.7. The first-order valence-electron chi connectivity index (χ1n) is 6.46. The fourth-order valence-corrected chi connectivity index (χ4v) is 3.71. The van der Waals surface area contributed by atoms with Crippen LogP contribution in [0, 0.1) is 0 Å². The molecule has 0 spiro atoms. The Balaban J connectivity index is 1.99. The highest BCUT2D eigenvalue weighted by molar-refractivity contribution is 14.1. The smallest absolute Gasteiger partial charge is 0.399 e. The minimum Gasteiger partial charge on any atom is -0.399 e. The van der Waals surface area contributed by atoms with Crippen molar-refractivity contribution in [3.8, 4) is 0 Å². The van der Waals surface area contributed by atoms with Gasteiger partial charge in [-0.2, -0.15) is 0 Å². The average Bonchev–Trinajstić information content (AvgIpc) is 2.57. The number of hydrogen-bond donors (Lipinski definition) is 0. The molecule has 1 aromatic heterocycles. The normalized spacial score (nSPS) is 23.6. The zero-order valence-corrected chi connectivity index (χ0v) is 14.9. The quantitative estimate of drug-likeness (QED) is 0.310. The highest BCUT2D eigenvalue weighted by atomic mass is 127. The van der Waals surface area contributed by atoms with Crippen molar-refractivity contribution in [2.75, 3.05) is 0 Å². The number of nitrogens with zero attached hydrogens (tertiary/aromatic N) is 2. The minimum absolute atomic E-state index is 0.332. The van der Waals surface area contributed by atoms with Crippen molar-refractivity contribution in [2.45, 2.75) is 43.9 Å². The maximum Gasteiger partial charge on any atom is 0.497 e. The van der Waals surface area contributed by atoms with Gasteiger partial charge in [-0.05, 0) is 33.8 Å². The molecule has 2 aliphatic rings. The Hall–Kier alpha value is -0.245. The standard InChI is InChI=1S/C13H16BIN2O2S/c1-12(2)13(3,4)19-14(18-12)10-8-17(15)20-11-9(10)6-5-7-16-11/h5-8H,1-4H3. The third-order valence-electron chi connectivity index (χ3n) is 4.00. The second-order valence-corrected chi connectivity index (χ2v) is 8.55. The van der Waals surface area contributed by atoms with E-state index in [2.05, 4.69) is 67.8 Å². The molecule has 0 aromatic carbocycles. The lowest BCUT2D eigenvalue weighted by Gasteiger charge is -2.32. The van der Waals surface area contributed by atoms with Gasteiger partial charge in [-0.1, -0.05) is 6.07 Å². The lowest BCUT2D eigenvalue weighted by Crippen LogP contribution is -2.41. The van der Waals surface area contributed by atoms with Crippen molar-refractivity contribution in [3.63, 3.8) is 0 Å². The van der Waals surface area contributed by atoms with Gasteiger partial charge in [0, 0.05) is 35.4 Å². The fraction of sp³-hybridized carbons (Fsp3) is 0.462. The Morgan fingerprint density at radius 2 is 1.90 bits per heavy atom. The number of pyridine rings is 1. The van der Waals surface area contributed by atoms with Gasteiger partial charge in [-0.15, -0.1) is 0 Å². The van der Waals surface area contributed by atoms with Gasteiger partial charge in [0.1, 0.15) is 5.03 Å². The van der Waals surface area contributed by atoms with Gasteiger partial charge in [-0.3, -0.25) is 2.52 Å². The van der Waals surface area contributed by atoms with Gasteiger partial charge in [0.15, 0.2) is 0 Å². The Labute approximate surface area is 138 Å². The Morgan fingerprint density at radius 1 is 1.25 bits per heavy atom. The molecular formula is C13H16BIN2O2S. The summed E-state index contributed by atoms with van der Waals surface area (Å²) in [6.45, 7) is 8.27. The number of fused-ring (bicyclic) bond motifs is 1. The summed E-state index contributed by atoms with van der Waals surface area (Å²) in [5, 5.41) is 0.981. The highest BCUT2D eigenvalue weighted by Crippen LogP contribution is 2.44.